The Morgan fingerprint density at radius 1 is 0.333 bits per heavy atom. The molecule has 0 saturated carbocycles. The SMILES string of the molecule is Cc1cc(C)cc(-n2c3cc4c(cc3c3c5ccccc5ccc32)-c2ccccc2C42c3ccccc3C3(c4ccccc4-c4ccccc43)c3ccccc32)c1. The lowest BCUT2D eigenvalue weighted by Crippen LogP contribution is -2.43. The summed E-state index contributed by atoms with van der Waals surface area (Å²) in [5, 5.41) is 5.16. The van der Waals surface area contributed by atoms with Gasteiger partial charge in [-0.15, -0.1) is 0 Å². The van der Waals surface area contributed by atoms with Crippen LogP contribution in [0.25, 0.3) is 60.5 Å². The number of fused-ring (bicyclic) bond motifs is 21. The lowest BCUT2D eigenvalue weighted by atomic mass is 9.52. The van der Waals surface area contributed by atoms with E-state index in [2.05, 4.69) is 206 Å². The van der Waals surface area contributed by atoms with Gasteiger partial charge in [-0.2, -0.15) is 0 Å². The predicted molar refractivity (Wildman–Crippen MR) is 236 cm³/mol. The monoisotopic (exact) mass is 723 g/mol. The fourth-order valence-corrected chi connectivity index (χ4v) is 11.9. The molecule has 0 amide bonds. The van der Waals surface area contributed by atoms with Crippen LogP contribution in [0.1, 0.15) is 55.6 Å². The minimum absolute atomic E-state index is 0.458. The molecular formula is C56H37N. The second kappa shape index (κ2) is 10.9. The van der Waals surface area contributed by atoms with Crippen LogP contribution in [-0.4, -0.2) is 4.57 Å². The molecule has 0 unspecified atom stereocenters. The first kappa shape index (κ1) is 31.3. The summed E-state index contributed by atoms with van der Waals surface area (Å²) >= 11 is 0. The third-order valence-corrected chi connectivity index (χ3v) is 13.7. The van der Waals surface area contributed by atoms with Crippen molar-refractivity contribution in [3.05, 3.63) is 244 Å². The number of rotatable bonds is 1. The van der Waals surface area contributed by atoms with Crippen LogP contribution >= 0.6 is 0 Å². The number of benzene rings is 9. The van der Waals surface area contributed by atoms with E-state index in [-0.39, 0.29) is 0 Å². The molecule has 1 nitrogen and oxygen atoms in total. The molecule has 0 fully saturated rings. The standard InChI is InChI=1S/C56H37N/c1-34-29-35(2)31-37(30-34)57-52-28-27-36-15-3-4-16-38(36)54(52)43-32-42-41-19-7-10-22-46(41)56(51(42)33-53(43)57)49-25-13-11-23-47(49)55(48-24-12-14-26-50(48)56)44-20-8-5-17-39(44)40-18-6-9-21-45(40)55/h3-33H,1-2H3. The first-order valence-corrected chi connectivity index (χ1v) is 20.2. The van der Waals surface area contributed by atoms with E-state index in [1.807, 2.05) is 0 Å². The van der Waals surface area contributed by atoms with Gasteiger partial charge in [0.2, 0.25) is 0 Å². The van der Waals surface area contributed by atoms with E-state index in [0.717, 1.165) is 0 Å². The van der Waals surface area contributed by atoms with Gasteiger partial charge >= 0.3 is 0 Å². The lowest BCUT2D eigenvalue weighted by Gasteiger charge is -2.48. The van der Waals surface area contributed by atoms with Crippen molar-refractivity contribution in [3.63, 3.8) is 0 Å². The van der Waals surface area contributed by atoms with Gasteiger partial charge in [0.05, 0.1) is 21.9 Å². The smallest absolute Gasteiger partial charge is 0.0720 e. The Kier molecular flexibility index (Phi) is 5.96. The van der Waals surface area contributed by atoms with Crippen molar-refractivity contribution in [2.24, 2.45) is 0 Å². The van der Waals surface area contributed by atoms with E-state index in [0.29, 0.717) is 0 Å². The lowest BCUT2D eigenvalue weighted by molar-refractivity contribution is 0.633. The van der Waals surface area contributed by atoms with Crippen molar-refractivity contribution in [3.8, 4) is 27.9 Å². The zero-order chi connectivity index (χ0) is 37.6. The van der Waals surface area contributed by atoms with Gasteiger partial charge in [-0.25, -0.2) is 0 Å². The third-order valence-electron chi connectivity index (χ3n) is 13.7. The Bertz CT molecular complexity index is 3280. The molecule has 13 rings (SSSR count). The number of nitrogens with zero attached hydrogens (tertiary/aromatic N) is 1. The highest BCUT2D eigenvalue weighted by atomic mass is 15.0. The molecule has 9 aromatic carbocycles. The van der Waals surface area contributed by atoms with Gasteiger partial charge in [0.25, 0.3) is 0 Å². The summed E-state index contributed by atoms with van der Waals surface area (Å²) < 4.78 is 2.54. The summed E-state index contributed by atoms with van der Waals surface area (Å²) in [6.07, 6.45) is 0. The van der Waals surface area contributed by atoms with Crippen LogP contribution in [0.5, 0.6) is 0 Å². The van der Waals surface area contributed by atoms with Crippen LogP contribution in [0.15, 0.2) is 188 Å². The molecule has 0 saturated heterocycles. The molecule has 0 bridgehead atoms. The Morgan fingerprint density at radius 3 is 1.35 bits per heavy atom. The van der Waals surface area contributed by atoms with Gasteiger partial charge in [0.1, 0.15) is 0 Å². The van der Waals surface area contributed by atoms with E-state index >= 15 is 0 Å². The average molecular weight is 724 g/mol. The minimum Gasteiger partial charge on any atom is -0.309 e. The van der Waals surface area contributed by atoms with E-state index in [1.54, 1.807) is 0 Å². The van der Waals surface area contributed by atoms with E-state index in [1.165, 1.54) is 116 Å². The van der Waals surface area contributed by atoms with Gasteiger partial charge in [-0.05, 0) is 133 Å². The van der Waals surface area contributed by atoms with Crippen molar-refractivity contribution >= 4 is 32.6 Å². The molecule has 1 heterocycles. The summed E-state index contributed by atoms with van der Waals surface area (Å²) in [5.41, 5.74) is 21.4. The highest BCUT2D eigenvalue weighted by molar-refractivity contribution is 6.22. The highest BCUT2D eigenvalue weighted by Gasteiger charge is 2.59. The van der Waals surface area contributed by atoms with Gasteiger partial charge in [0, 0.05) is 16.5 Å². The van der Waals surface area contributed by atoms with Gasteiger partial charge in [-0.1, -0.05) is 158 Å². The molecule has 3 aliphatic carbocycles. The summed E-state index contributed by atoms with van der Waals surface area (Å²) in [7, 11) is 0. The average Bonchev–Trinajstić information content (AvgIpc) is 3.85. The molecule has 0 aliphatic heterocycles. The van der Waals surface area contributed by atoms with Gasteiger partial charge in [0.15, 0.2) is 0 Å². The summed E-state index contributed by atoms with van der Waals surface area (Å²) in [6, 6.07) is 72.0. The van der Waals surface area contributed by atoms with E-state index in [9.17, 15) is 0 Å². The normalized spacial score (nSPS) is 14.8. The van der Waals surface area contributed by atoms with Gasteiger partial charge < -0.3 is 4.57 Å². The number of hydrogen-bond donors (Lipinski definition) is 0. The number of aryl methyl sites for hydroxylation is 2. The van der Waals surface area contributed by atoms with E-state index < -0.39 is 10.8 Å². The maximum atomic E-state index is 2.58. The van der Waals surface area contributed by atoms with Crippen LogP contribution in [-0.2, 0) is 10.8 Å². The minimum atomic E-state index is -0.545. The van der Waals surface area contributed by atoms with Crippen molar-refractivity contribution in [2.75, 3.05) is 0 Å². The Labute approximate surface area is 332 Å². The van der Waals surface area contributed by atoms with Crippen LogP contribution in [0.2, 0.25) is 0 Å². The predicted octanol–water partition coefficient (Wildman–Crippen LogP) is 13.6. The fraction of sp³-hybridized carbons (Fsp3) is 0.0714. The Morgan fingerprint density at radius 2 is 0.789 bits per heavy atom. The molecule has 1 heteroatoms. The molecule has 10 aromatic rings. The topological polar surface area (TPSA) is 4.93 Å². The molecule has 2 spiro atoms. The highest BCUT2D eigenvalue weighted by Crippen LogP contribution is 2.67. The molecule has 3 aliphatic rings. The quantitative estimate of drug-likeness (QED) is 0.159. The van der Waals surface area contributed by atoms with Crippen LogP contribution in [0.4, 0.5) is 0 Å². The Balaban J connectivity index is 1.23. The third kappa shape index (κ3) is 3.67. The maximum absolute atomic E-state index is 2.58. The van der Waals surface area contributed by atoms with Crippen molar-refractivity contribution in [2.45, 2.75) is 24.7 Å². The summed E-state index contributed by atoms with van der Waals surface area (Å²) in [4.78, 5) is 0. The summed E-state index contributed by atoms with van der Waals surface area (Å²) in [6.45, 7) is 4.43. The van der Waals surface area contributed by atoms with Crippen molar-refractivity contribution in [1.29, 1.82) is 0 Å². The van der Waals surface area contributed by atoms with E-state index in [4.69, 9.17) is 0 Å². The second-order valence-corrected chi connectivity index (χ2v) is 16.5. The molecule has 57 heavy (non-hydrogen) atoms. The number of aromatic nitrogens is 1. The second-order valence-electron chi connectivity index (χ2n) is 16.5. The van der Waals surface area contributed by atoms with Crippen LogP contribution < -0.4 is 0 Å². The molecule has 266 valence electrons. The van der Waals surface area contributed by atoms with Crippen molar-refractivity contribution in [1.82, 2.24) is 4.57 Å². The Hall–Kier alpha value is -6.96. The van der Waals surface area contributed by atoms with Crippen LogP contribution in [0.3, 0.4) is 0 Å². The molecule has 0 N–H and O–H groups in total. The molecule has 0 radical (unpaired) electrons. The largest absolute Gasteiger partial charge is 0.309 e. The zero-order valence-corrected chi connectivity index (χ0v) is 31.8. The van der Waals surface area contributed by atoms with Crippen LogP contribution in [0, 0.1) is 13.8 Å². The molecule has 1 aromatic heterocycles. The maximum Gasteiger partial charge on any atom is 0.0720 e. The zero-order valence-electron chi connectivity index (χ0n) is 31.8. The molecule has 0 atom stereocenters. The number of hydrogen-bond acceptors (Lipinski definition) is 0. The fourth-order valence-electron chi connectivity index (χ4n) is 11.9. The van der Waals surface area contributed by atoms with Crippen molar-refractivity contribution < 1.29 is 0 Å². The molecular weight excluding hydrogens is 687 g/mol. The summed E-state index contributed by atoms with van der Waals surface area (Å²) in [5.74, 6) is 0. The first-order chi connectivity index (χ1) is 28.1. The van der Waals surface area contributed by atoms with Gasteiger partial charge in [-0.3, -0.25) is 0 Å². The first-order valence-electron chi connectivity index (χ1n) is 20.2.